The molecule has 0 radical (unpaired) electrons. The highest BCUT2D eigenvalue weighted by molar-refractivity contribution is 7.99. The van der Waals surface area contributed by atoms with Gasteiger partial charge in [0, 0.05) is 38.3 Å². The van der Waals surface area contributed by atoms with Crippen molar-refractivity contribution < 1.29 is 14.7 Å². The molecule has 0 spiro atoms. The van der Waals surface area contributed by atoms with E-state index in [0.29, 0.717) is 37.2 Å². The Morgan fingerprint density at radius 2 is 2.19 bits per heavy atom. The van der Waals surface area contributed by atoms with Crippen LogP contribution in [-0.2, 0) is 4.79 Å². The van der Waals surface area contributed by atoms with E-state index < -0.39 is 5.97 Å². The number of carbonyl (C=O) groups excluding carboxylic acids is 1. The van der Waals surface area contributed by atoms with Crippen LogP contribution in [0, 0.1) is 0 Å². The highest BCUT2D eigenvalue weighted by Crippen LogP contribution is 2.24. The highest BCUT2D eigenvalue weighted by Gasteiger charge is 2.28. The summed E-state index contributed by atoms with van der Waals surface area (Å²) in [5.41, 5.74) is 0. The van der Waals surface area contributed by atoms with Gasteiger partial charge in [0.1, 0.15) is 11.0 Å². The SMILES string of the molecule is CCCCNC(=O)N1CCN(c2cc(Cl)nc(SCC(=O)O)n2)CC1C. The van der Waals surface area contributed by atoms with E-state index in [-0.39, 0.29) is 23.0 Å². The van der Waals surface area contributed by atoms with E-state index in [1.807, 2.05) is 16.7 Å². The number of amides is 2. The van der Waals surface area contributed by atoms with Crippen LogP contribution in [0.2, 0.25) is 5.15 Å². The number of anilines is 1. The van der Waals surface area contributed by atoms with Gasteiger partial charge in [0.05, 0.1) is 5.75 Å². The van der Waals surface area contributed by atoms with Crippen LogP contribution < -0.4 is 10.2 Å². The van der Waals surface area contributed by atoms with Crippen LogP contribution in [0.4, 0.5) is 10.6 Å². The number of carbonyl (C=O) groups is 2. The number of carboxylic acids is 1. The second-order valence-electron chi connectivity index (χ2n) is 6.09. The molecule has 1 atom stereocenters. The molecule has 0 aliphatic carbocycles. The number of aliphatic carboxylic acids is 1. The zero-order chi connectivity index (χ0) is 19.1. The number of aromatic nitrogens is 2. The third kappa shape index (κ3) is 5.91. The molecule has 26 heavy (non-hydrogen) atoms. The molecule has 1 aliphatic heterocycles. The van der Waals surface area contributed by atoms with Gasteiger partial charge in [-0.1, -0.05) is 36.7 Å². The Morgan fingerprint density at radius 1 is 1.42 bits per heavy atom. The van der Waals surface area contributed by atoms with Gasteiger partial charge in [0.25, 0.3) is 0 Å². The summed E-state index contributed by atoms with van der Waals surface area (Å²) in [4.78, 5) is 35.3. The molecular formula is C16H24ClN5O3S. The molecule has 8 nitrogen and oxygen atoms in total. The van der Waals surface area contributed by atoms with Crippen molar-refractivity contribution in [3.05, 3.63) is 11.2 Å². The third-order valence-corrected chi connectivity index (χ3v) is 5.03. The van der Waals surface area contributed by atoms with Gasteiger partial charge in [-0.25, -0.2) is 14.8 Å². The van der Waals surface area contributed by atoms with Gasteiger partial charge in [-0.05, 0) is 13.3 Å². The number of urea groups is 1. The Balaban J connectivity index is 1.99. The molecule has 1 saturated heterocycles. The maximum Gasteiger partial charge on any atom is 0.317 e. The molecule has 1 aromatic rings. The molecule has 10 heteroatoms. The first kappa shape index (κ1) is 20.6. The molecule has 1 aromatic heterocycles. The fourth-order valence-corrected chi connectivity index (χ4v) is 3.48. The van der Waals surface area contributed by atoms with E-state index in [1.165, 1.54) is 0 Å². The summed E-state index contributed by atoms with van der Waals surface area (Å²) in [6, 6.07) is 1.65. The Bertz CT molecular complexity index is 648. The van der Waals surface area contributed by atoms with Crippen molar-refractivity contribution in [2.45, 2.75) is 37.9 Å². The average Bonchev–Trinajstić information content (AvgIpc) is 2.59. The summed E-state index contributed by atoms with van der Waals surface area (Å²) in [6.45, 7) is 6.60. The Morgan fingerprint density at radius 3 is 2.85 bits per heavy atom. The van der Waals surface area contributed by atoms with E-state index in [0.717, 1.165) is 24.6 Å². The largest absolute Gasteiger partial charge is 0.481 e. The number of thioether (sulfide) groups is 1. The maximum atomic E-state index is 12.3. The van der Waals surface area contributed by atoms with E-state index in [4.69, 9.17) is 16.7 Å². The van der Waals surface area contributed by atoms with Crippen LogP contribution in [0.3, 0.4) is 0 Å². The second-order valence-corrected chi connectivity index (χ2v) is 7.42. The second kappa shape index (κ2) is 9.82. The molecule has 0 saturated carbocycles. The van der Waals surface area contributed by atoms with Crippen molar-refractivity contribution in [1.82, 2.24) is 20.2 Å². The first-order valence-electron chi connectivity index (χ1n) is 8.59. The number of halogens is 1. The smallest absolute Gasteiger partial charge is 0.317 e. The lowest BCUT2D eigenvalue weighted by atomic mass is 10.2. The van der Waals surface area contributed by atoms with Gasteiger partial charge in [-0.3, -0.25) is 4.79 Å². The lowest BCUT2D eigenvalue weighted by Crippen LogP contribution is -2.56. The van der Waals surface area contributed by atoms with Gasteiger partial charge < -0.3 is 20.2 Å². The van der Waals surface area contributed by atoms with Crippen molar-refractivity contribution in [3.63, 3.8) is 0 Å². The summed E-state index contributed by atoms with van der Waals surface area (Å²) in [5, 5.41) is 12.3. The minimum Gasteiger partial charge on any atom is -0.481 e. The standard InChI is InChI=1S/C16H24ClN5O3S/c1-3-4-5-18-16(25)22-7-6-21(9-11(22)2)13-8-12(17)19-15(20-13)26-10-14(23)24/h8,11H,3-7,9-10H2,1-2H3,(H,18,25)(H,23,24). The molecule has 0 bridgehead atoms. The quantitative estimate of drug-likeness (QED) is 0.313. The van der Waals surface area contributed by atoms with Crippen molar-refractivity contribution in [3.8, 4) is 0 Å². The summed E-state index contributed by atoms with van der Waals surface area (Å²) in [7, 11) is 0. The number of nitrogens with one attached hydrogen (secondary N) is 1. The molecule has 2 amide bonds. The van der Waals surface area contributed by atoms with E-state index >= 15 is 0 Å². The zero-order valence-electron chi connectivity index (χ0n) is 14.9. The minimum atomic E-state index is -0.934. The normalized spacial score (nSPS) is 17.3. The fraction of sp³-hybridized carbons (Fsp3) is 0.625. The Kier molecular flexibility index (Phi) is 7.77. The van der Waals surface area contributed by atoms with E-state index in [1.54, 1.807) is 6.07 Å². The number of piperazine rings is 1. The molecule has 2 rings (SSSR count). The summed E-state index contributed by atoms with van der Waals surface area (Å²) >= 11 is 7.09. The lowest BCUT2D eigenvalue weighted by Gasteiger charge is -2.40. The average molecular weight is 402 g/mol. The molecule has 2 heterocycles. The van der Waals surface area contributed by atoms with Crippen LogP contribution >= 0.6 is 23.4 Å². The Hall–Kier alpha value is -1.74. The van der Waals surface area contributed by atoms with E-state index in [9.17, 15) is 9.59 Å². The van der Waals surface area contributed by atoms with Crippen LogP contribution in [0.5, 0.6) is 0 Å². The maximum absolute atomic E-state index is 12.3. The fourth-order valence-electron chi connectivity index (χ4n) is 2.68. The predicted molar refractivity (Wildman–Crippen MR) is 102 cm³/mol. The van der Waals surface area contributed by atoms with Gasteiger partial charge in [-0.15, -0.1) is 0 Å². The number of hydrogen-bond donors (Lipinski definition) is 2. The monoisotopic (exact) mass is 401 g/mol. The highest BCUT2D eigenvalue weighted by atomic mass is 35.5. The number of hydrogen-bond acceptors (Lipinski definition) is 6. The molecular weight excluding hydrogens is 378 g/mol. The minimum absolute atomic E-state index is 0.0224. The van der Waals surface area contributed by atoms with Crippen molar-refractivity contribution in [1.29, 1.82) is 0 Å². The topological polar surface area (TPSA) is 98.7 Å². The molecule has 0 aromatic carbocycles. The number of unbranched alkanes of at least 4 members (excludes halogenated alkanes) is 1. The number of carboxylic acid groups (broad SMARTS) is 1. The lowest BCUT2D eigenvalue weighted by molar-refractivity contribution is -0.133. The van der Waals surface area contributed by atoms with Crippen molar-refractivity contribution >= 4 is 41.2 Å². The molecule has 144 valence electrons. The van der Waals surface area contributed by atoms with Gasteiger partial charge in [0.15, 0.2) is 5.16 Å². The zero-order valence-corrected chi connectivity index (χ0v) is 16.5. The van der Waals surface area contributed by atoms with Crippen LogP contribution in [0.1, 0.15) is 26.7 Å². The first-order chi connectivity index (χ1) is 12.4. The number of rotatable bonds is 7. The number of nitrogens with zero attached hydrogens (tertiary/aromatic N) is 4. The molecule has 1 unspecified atom stereocenters. The van der Waals surface area contributed by atoms with Gasteiger partial charge in [0.2, 0.25) is 0 Å². The predicted octanol–water partition coefficient (Wildman–Crippen LogP) is 2.33. The summed E-state index contributed by atoms with van der Waals surface area (Å²) in [6.07, 6.45) is 2.01. The molecule has 2 N–H and O–H groups in total. The third-order valence-electron chi connectivity index (χ3n) is 4.00. The van der Waals surface area contributed by atoms with Gasteiger partial charge in [-0.2, -0.15) is 0 Å². The van der Waals surface area contributed by atoms with Crippen LogP contribution in [-0.4, -0.2) is 69.9 Å². The first-order valence-corrected chi connectivity index (χ1v) is 9.95. The van der Waals surface area contributed by atoms with E-state index in [2.05, 4.69) is 22.2 Å². The van der Waals surface area contributed by atoms with Gasteiger partial charge >= 0.3 is 12.0 Å². The summed E-state index contributed by atoms with van der Waals surface area (Å²) in [5.74, 6) is -0.408. The Labute approximate surface area is 162 Å². The van der Waals surface area contributed by atoms with Crippen LogP contribution in [0.25, 0.3) is 0 Å². The molecule has 1 aliphatic rings. The van der Waals surface area contributed by atoms with Crippen molar-refractivity contribution in [2.75, 3.05) is 36.8 Å². The van der Waals surface area contributed by atoms with Crippen molar-refractivity contribution in [2.24, 2.45) is 0 Å². The van der Waals surface area contributed by atoms with Crippen LogP contribution in [0.15, 0.2) is 11.2 Å². The molecule has 1 fully saturated rings. The summed E-state index contributed by atoms with van der Waals surface area (Å²) < 4.78 is 0.